The number of carbonyl (C=O) groups is 2. The van der Waals surface area contributed by atoms with Crippen LogP contribution in [0.1, 0.15) is 45.4 Å². The van der Waals surface area contributed by atoms with Crippen molar-refractivity contribution < 1.29 is 19.1 Å². The van der Waals surface area contributed by atoms with Crippen LogP contribution < -0.4 is 0 Å². The Hall–Kier alpha value is -1.32. The maximum absolute atomic E-state index is 11.8. The highest BCUT2D eigenvalue weighted by Crippen LogP contribution is 2.28. The van der Waals surface area contributed by atoms with Gasteiger partial charge in [0, 0.05) is 6.08 Å². The summed E-state index contributed by atoms with van der Waals surface area (Å²) in [5.41, 5.74) is 0. The van der Waals surface area contributed by atoms with Crippen LogP contribution in [-0.2, 0) is 19.1 Å². The van der Waals surface area contributed by atoms with E-state index in [4.69, 9.17) is 9.47 Å². The molecule has 0 N–H and O–H groups in total. The molecule has 0 saturated heterocycles. The van der Waals surface area contributed by atoms with Crippen LogP contribution in [-0.4, -0.2) is 25.2 Å². The van der Waals surface area contributed by atoms with E-state index in [0.29, 0.717) is 19.6 Å². The molecule has 0 aromatic heterocycles. The molecular formula is C15H24O4. The average molecular weight is 268 g/mol. The Labute approximate surface area is 115 Å². The van der Waals surface area contributed by atoms with Gasteiger partial charge in [-0.1, -0.05) is 13.5 Å². The molecular weight excluding hydrogens is 244 g/mol. The van der Waals surface area contributed by atoms with Crippen molar-refractivity contribution in [2.75, 3.05) is 13.2 Å². The maximum atomic E-state index is 11.8. The van der Waals surface area contributed by atoms with E-state index in [1.807, 2.05) is 0 Å². The van der Waals surface area contributed by atoms with E-state index in [1.165, 1.54) is 0 Å². The molecule has 1 saturated carbocycles. The van der Waals surface area contributed by atoms with Gasteiger partial charge in [-0.15, -0.1) is 0 Å². The number of unbranched alkanes of at least 4 members (excludes halogenated alkanes) is 1. The van der Waals surface area contributed by atoms with Crippen LogP contribution in [0.3, 0.4) is 0 Å². The Morgan fingerprint density at radius 2 is 1.68 bits per heavy atom. The minimum absolute atomic E-state index is 0.0602. The van der Waals surface area contributed by atoms with E-state index in [9.17, 15) is 9.59 Å². The van der Waals surface area contributed by atoms with Gasteiger partial charge in [0.2, 0.25) is 0 Å². The fraction of sp³-hybridized carbons (Fsp3) is 0.733. The maximum Gasteiger partial charge on any atom is 0.330 e. The van der Waals surface area contributed by atoms with Gasteiger partial charge in [0.25, 0.3) is 0 Å². The van der Waals surface area contributed by atoms with Crippen LogP contribution in [0.5, 0.6) is 0 Å². The largest absolute Gasteiger partial charge is 0.465 e. The van der Waals surface area contributed by atoms with Crippen LogP contribution >= 0.6 is 0 Å². The van der Waals surface area contributed by atoms with Crippen LogP contribution in [0.15, 0.2) is 12.7 Å². The van der Waals surface area contributed by atoms with Crippen LogP contribution in [0, 0.1) is 11.8 Å². The first-order valence-electron chi connectivity index (χ1n) is 7.09. The lowest BCUT2D eigenvalue weighted by Crippen LogP contribution is -2.23. The molecule has 4 heteroatoms. The molecule has 0 aromatic rings. The number of carbonyl (C=O) groups excluding carboxylic acids is 2. The second kappa shape index (κ2) is 8.73. The normalized spacial score (nSPS) is 22.6. The second-order valence-electron chi connectivity index (χ2n) is 5.20. The van der Waals surface area contributed by atoms with Crippen molar-refractivity contribution in [1.82, 2.24) is 0 Å². The van der Waals surface area contributed by atoms with Gasteiger partial charge in [-0.05, 0) is 44.4 Å². The molecule has 1 rings (SSSR count). The van der Waals surface area contributed by atoms with Gasteiger partial charge in [0.1, 0.15) is 0 Å². The third-order valence-corrected chi connectivity index (χ3v) is 3.54. The van der Waals surface area contributed by atoms with Crippen molar-refractivity contribution in [2.45, 2.75) is 45.4 Å². The summed E-state index contributed by atoms with van der Waals surface area (Å²) in [7, 11) is 0. The van der Waals surface area contributed by atoms with Crippen LogP contribution in [0.4, 0.5) is 0 Å². The summed E-state index contributed by atoms with van der Waals surface area (Å²) in [6, 6.07) is 0. The van der Waals surface area contributed by atoms with Crippen molar-refractivity contribution >= 4 is 11.9 Å². The summed E-state index contributed by atoms with van der Waals surface area (Å²) in [6.45, 7) is 6.30. The molecule has 0 heterocycles. The molecule has 0 spiro atoms. The monoisotopic (exact) mass is 268 g/mol. The van der Waals surface area contributed by atoms with Gasteiger partial charge in [0.05, 0.1) is 19.1 Å². The number of hydrogen-bond donors (Lipinski definition) is 0. The average Bonchev–Trinajstić information content (AvgIpc) is 2.42. The number of hydrogen-bond acceptors (Lipinski definition) is 4. The summed E-state index contributed by atoms with van der Waals surface area (Å²) in [5, 5.41) is 0. The Morgan fingerprint density at radius 3 is 2.26 bits per heavy atom. The smallest absolute Gasteiger partial charge is 0.330 e. The fourth-order valence-corrected chi connectivity index (χ4v) is 2.22. The zero-order valence-corrected chi connectivity index (χ0v) is 11.7. The number of rotatable bonds is 7. The van der Waals surface area contributed by atoms with E-state index in [1.54, 1.807) is 0 Å². The van der Waals surface area contributed by atoms with E-state index >= 15 is 0 Å². The van der Waals surface area contributed by atoms with Crippen LogP contribution in [0.25, 0.3) is 0 Å². The summed E-state index contributed by atoms with van der Waals surface area (Å²) < 4.78 is 10.1. The van der Waals surface area contributed by atoms with Gasteiger partial charge in [0.15, 0.2) is 0 Å². The van der Waals surface area contributed by atoms with E-state index in [0.717, 1.165) is 44.1 Å². The number of esters is 2. The van der Waals surface area contributed by atoms with Gasteiger partial charge in [-0.3, -0.25) is 4.79 Å². The Bertz CT molecular complexity index is 303. The lowest BCUT2D eigenvalue weighted by molar-refractivity contribution is -0.150. The zero-order chi connectivity index (χ0) is 14.1. The van der Waals surface area contributed by atoms with Crippen molar-refractivity contribution in [3.05, 3.63) is 12.7 Å². The molecule has 0 bridgehead atoms. The lowest BCUT2D eigenvalue weighted by atomic mass is 9.83. The zero-order valence-electron chi connectivity index (χ0n) is 11.7. The molecule has 0 aromatic carbocycles. The first-order chi connectivity index (χ1) is 9.13. The van der Waals surface area contributed by atoms with E-state index in [2.05, 4.69) is 13.5 Å². The Balaban J connectivity index is 2.01. The molecule has 0 unspecified atom stereocenters. The molecule has 0 aliphatic heterocycles. The Kier molecular flexibility index (Phi) is 7.23. The highest BCUT2D eigenvalue weighted by Gasteiger charge is 2.25. The fourth-order valence-electron chi connectivity index (χ4n) is 2.22. The topological polar surface area (TPSA) is 52.6 Å². The molecule has 0 amide bonds. The summed E-state index contributed by atoms with van der Waals surface area (Å²) in [4.78, 5) is 22.5. The SMILES string of the molecule is C=CC(=O)OCCCCOC(=O)C1CCC(C)CC1. The van der Waals surface area contributed by atoms with Gasteiger partial charge >= 0.3 is 11.9 Å². The molecule has 108 valence electrons. The number of ether oxygens (including phenoxy) is 2. The van der Waals surface area contributed by atoms with Crippen molar-refractivity contribution in [3.63, 3.8) is 0 Å². The minimum atomic E-state index is -0.409. The van der Waals surface area contributed by atoms with Crippen molar-refractivity contribution in [2.24, 2.45) is 11.8 Å². The molecule has 4 nitrogen and oxygen atoms in total. The molecule has 1 fully saturated rings. The van der Waals surface area contributed by atoms with Gasteiger partial charge in [-0.25, -0.2) is 4.79 Å². The third-order valence-electron chi connectivity index (χ3n) is 3.54. The van der Waals surface area contributed by atoms with Crippen LogP contribution in [0.2, 0.25) is 0 Å². The summed E-state index contributed by atoms with van der Waals surface area (Å²) in [6.07, 6.45) is 6.72. The summed E-state index contributed by atoms with van der Waals surface area (Å²) in [5.74, 6) is 0.363. The molecule has 19 heavy (non-hydrogen) atoms. The predicted octanol–water partition coefficient (Wildman–Crippen LogP) is 2.87. The van der Waals surface area contributed by atoms with Gasteiger partial charge < -0.3 is 9.47 Å². The molecule has 1 aliphatic carbocycles. The standard InChI is InChI=1S/C15H24O4/c1-3-14(16)18-10-4-5-11-19-15(17)13-8-6-12(2)7-9-13/h3,12-13H,1,4-11H2,2H3. The molecule has 1 aliphatic rings. The van der Waals surface area contributed by atoms with Crippen molar-refractivity contribution in [3.8, 4) is 0 Å². The Morgan fingerprint density at radius 1 is 1.11 bits per heavy atom. The molecule has 0 radical (unpaired) electrons. The summed E-state index contributed by atoms with van der Waals surface area (Å²) >= 11 is 0. The quantitative estimate of drug-likeness (QED) is 0.405. The lowest BCUT2D eigenvalue weighted by Gasteiger charge is -2.24. The first-order valence-corrected chi connectivity index (χ1v) is 7.09. The second-order valence-corrected chi connectivity index (χ2v) is 5.20. The molecule has 0 atom stereocenters. The third kappa shape index (κ3) is 6.41. The minimum Gasteiger partial charge on any atom is -0.465 e. The highest BCUT2D eigenvalue weighted by atomic mass is 16.5. The van der Waals surface area contributed by atoms with E-state index in [-0.39, 0.29) is 11.9 Å². The van der Waals surface area contributed by atoms with Gasteiger partial charge in [-0.2, -0.15) is 0 Å². The first kappa shape index (κ1) is 15.7. The predicted molar refractivity (Wildman–Crippen MR) is 72.5 cm³/mol. The highest BCUT2D eigenvalue weighted by molar-refractivity contribution is 5.81. The van der Waals surface area contributed by atoms with Crippen molar-refractivity contribution in [1.29, 1.82) is 0 Å². The van der Waals surface area contributed by atoms with E-state index < -0.39 is 5.97 Å².